The molecule has 1 aliphatic heterocycles. The van der Waals surface area contributed by atoms with Crippen LogP contribution in [0.4, 0.5) is 0 Å². The Morgan fingerprint density at radius 3 is 2.33 bits per heavy atom. The Kier molecular flexibility index (Phi) is 4.83. The number of nitrogens with zero attached hydrogens (tertiary/aromatic N) is 1. The topological polar surface area (TPSA) is 63.4 Å². The number of hydrogen-bond donors (Lipinski definition) is 1. The minimum atomic E-state index is -3.36. The Morgan fingerprint density at radius 1 is 1.33 bits per heavy atom. The molecule has 0 spiro atoms. The molecule has 0 amide bonds. The third-order valence-corrected chi connectivity index (χ3v) is 7.65. The molecule has 21 heavy (non-hydrogen) atoms. The van der Waals surface area contributed by atoms with Crippen molar-refractivity contribution < 1.29 is 8.42 Å². The summed E-state index contributed by atoms with van der Waals surface area (Å²) in [5, 5.41) is 0. The van der Waals surface area contributed by atoms with E-state index in [4.69, 9.17) is 5.73 Å². The zero-order valence-corrected chi connectivity index (χ0v) is 15.0. The molecule has 0 bridgehead atoms. The number of nitrogens with two attached hydrogens (primary N) is 1. The fourth-order valence-electron chi connectivity index (χ4n) is 2.98. The Balaban J connectivity index is 2.17. The van der Waals surface area contributed by atoms with Crippen LogP contribution >= 0.6 is 11.3 Å². The number of thiophene rings is 1. The van der Waals surface area contributed by atoms with Gasteiger partial charge in [-0.25, -0.2) is 8.42 Å². The number of hydrogen-bond acceptors (Lipinski definition) is 4. The maximum atomic E-state index is 12.8. The van der Waals surface area contributed by atoms with Gasteiger partial charge in [0.1, 0.15) is 0 Å². The van der Waals surface area contributed by atoms with Gasteiger partial charge in [0.25, 0.3) is 0 Å². The van der Waals surface area contributed by atoms with Crippen molar-refractivity contribution >= 4 is 21.4 Å². The molecular weight excluding hydrogens is 304 g/mol. The van der Waals surface area contributed by atoms with Crippen LogP contribution in [0.3, 0.4) is 0 Å². The van der Waals surface area contributed by atoms with E-state index in [9.17, 15) is 8.42 Å². The van der Waals surface area contributed by atoms with Gasteiger partial charge in [-0.1, -0.05) is 20.8 Å². The standard InChI is InChI=1S/C15H26N2O2S2/c1-11-14(9-13(10-16)20-11)21(18,19)17-7-5-12(6-8-17)15(2,3)4/h9,12H,5-8,10,16H2,1-4H3. The molecular formula is C15H26N2O2S2. The molecule has 1 saturated heterocycles. The van der Waals surface area contributed by atoms with Crippen LogP contribution in [0.15, 0.2) is 11.0 Å². The van der Waals surface area contributed by atoms with Crippen molar-refractivity contribution in [1.82, 2.24) is 4.31 Å². The lowest BCUT2D eigenvalue weighted by Gasteiger charge is -2.38. The molecule has 0 aliphatic carbocycles. The first-order valence-corrected chi connectivity index (χ1v) is 9.71. The second-order valence-corrected chi connectivity index (χ2v) is 10.1. The van der Waals surface area contributed by atoms with Crippen molar-refractivity contribution in [3.8, 4) is 0 Å². The minimum absolute atomic E-state index is 0.251. The molecule has 1 aromatic heterocycles. The number of rotatable bonds is 3. The maximum absolute atomic E-state index is 12.8. The quantitative estimate of drug-likeness (QED) is 0.927. The van der Waals surface area contributed by atoms with E-state index in [1.807, 2.05) is 6.92 Å². The zero-order valence-electron chi connectivity index (χ0n) is 13.3. The predicted molar refractivity (Wildman–Crippen MR) is 87.9 cm³/mol. The molecule has 2 heterocycles. The molecule has 2 rings (SSSR count). The fraction of sp³-hybridized carbons (Fsp3) is 0.733. The summed E-state index contributed by atoms with van der Waals surface area (Å²) >= 11 is 1.48. The highest BCUT2D eigenvalue weighted by Gasteiger charge is 2.34. The van der Waals surface area contributed by atoms with Gasteiger partial charge in [-0.3, -0.25) is 0 Å². The first-order valence-electron chi connectivity index (χ1n) is 7.46. The van der Waals surface area contributed by atoms with Gasteiger partial charge in [0, 0.05) is 29.4 Å². The summed E-state index contributed by atoms with van der Waals surface area (Å²) in [6, 6.07) is 1.74. The van der Waals surface area contributed by atoms with E-state index in [1.54, 1.807) is 10.4 Å². The van der Waals surface area contributed by atoms with E-state index >= 15 is 0 Å². The Morgan fingerprint density at radius 2 is 1.90 bits per heavy atom. The summed E-state index contributed by atoms with van der Waals surface area (Å²) in [4.78, 5) is 2.21. The molecule has 6 heteroatoms. The van der Waals surface area contributed by atoms with Crippen LogP contribution in [0.5, 0.6) is 0 Å². The van der Waals surface area contributed by atoms with Crippen molar-refractivity contribution in [2.45, 2.75) is 52.0 Å². The first kappa shape index (κ1) is 16.9. The van der Waals surface area contributed by atoms with Gasteiger partial charge in [0.15, 0.2) is 0 Å². The Hall–Kier alpha value is -0.430. The molecule has 1 aliphatic rings. The zero-order chi connectivity index (χ0) is 15.8. The van der Waals surface area contributed by atoms with Crippen LogP contribution in [0.25, 0.3) is 0 Å². The normalized spacial score (nSPS) is 19.1. The molecule has 120 valence electrons. The Labute approximate surface area is 132 Å². The van der Waals surface area contributed by atoms with Gasteiger partial charge in [-0.05, 0) is 37.2 Å². The summed E-state index contributed by atoms with van der Waals surface area (Å²) in [5.74, 6) is 0.590. The lowest BCUT2D eigenvalue weighted by atomic mass is 9.76. The lowest BCUT2D eigenvalue weighted by molar-refractivity contribution is 0.154. The SMILES string of the molecule is Cc1sc(CN)cc1S(=O)(=O)N1CCC(C(C)(C)C)CC1. The minimum Gasteiger partial charge on any atom is -0.326 e. The molecule has 0 aromatic carbocycles. The summed E-state index contributed by atoms with van der Waals surface area (Å²) in [7, 11) is -3.36. The first-order chi connectivity index (χ1) is 9.66. The predicted octanol–water partition coefficient (Wildman–Crippen LogP) is 2.96. The molecule has 0 saturated carbocycles. The van der Waals surface area contributed by atoms with E-state index < -0.39 is 10.0 Å². The van der Waals surface area contributed by atoms with Gasteiger partial charge >= 0.3 is 0 Å². The fourth-order valence-corrected chi connectivity index (χ4v) is 5.93. The van der Waals surface area contributed by atoms with Crippen molar-refractivity contribution in [2.24, 2.45) is 17.1 Å². The third kappa shape index (κ3) is 3.50. The van der Waals surface area contributed by atoms with E-state index in [0.717, 1.165) is 22.6 Å². The average molecular weight is 331 g/mol. The van der Waals surface area contributed by atoms with E-state index in [0.29, 0.717) is 30.4 Å². The van der Waals surface area contributed by atoms with Crippen molar-refractivity contribution in [3.05, 3.63) is 15.8 Å². The molecule has 0 radical (unpaired) electrons. The molecule has 4 nitrogen and oxygen atoms in total. The van der Waals surface area contributed by atoms with Crippen LogP contribution in [0.2, 0.25) is 0 Å². The van der Waals surface area contributed by atoms with E-state index in [-0.39, 0.29) is 5.41 Å². The Bertz CT molecular complexity index is 592. The maximum Gasteiger partial charge on any atom is 0.244 e. The molecule has 0 atom stereocenters. The molecule has 0 unspecified atom stereocenters. The van der Waals surface area contributed by atoms with Crippen LogP contribution < -0.4 is 5.73 Å². The average Bonchev–Trinajstić information content (AvgIpc) is 2.80. The van der Waals surface area contributed by atoms with Gasteiger partial charge in [-0.15, -0.1) is 11.3 Å². The molecule has 1 fully saturated rings. The third-order valence-electron chi connectivity index (χ3n) is 4.42. The van der Waals surface area contributed by atoms with E-state index in [1.165, 1.54) is 11.3 Å². The van der Waals surface area contributed by atoms with Crippen molar-refractivity contribution in [3.63, 3.8) is 0 Å². The van der Waals surface area contributed by atoms with Crippen molar-refractivity contribution in [1.29, 1.82) is 0 Å². The number of piperidine rings is 1. The van der Waals surface area contributed by atoms with Gasteiger partial charge in [0.2, 0.25) is 10.0 Å². The summed E-state index contributed by atoms with van der Waals surface area (Å²) in [5.41, 5.74) is 5.87. The highest BCUT2D eigenvalue weighted by Crippen LogP contribution is 2.36. The monoisotopic (exact) mass is 330 g/mol. The van der Waals surface area contributed by atoms with Crippen LogP contribution in [0, 0.1) is 18.3 Å². The van der Waals surface area contributed by atoms with Gasteiger partial charge < -0.3 is 5.73 Å². The molecule has 2 N–H and O–H groups in total. The van der Waals surface area contributed by atoms with Crippen LogP contribution in [-0.2, 0) is 16.6 Å². The van der Waals surface area contributed by atoms with Crippen molar-refractivity contribution in [2.75, 3.05) is 13.1 Å². The highest BCUT2D eigenvalue weighted by molar-refractivity contribution is 7.89. The van der Waals surface area contributed by atoms with Gasteiger partial charge in [0.05, 0.1) is 4.90 Å². The highest BCUT2D eigenvalue weighted by atomic mass is 32.2. The summed E-state index contributed by atoms with van der Waals surface area (Å²) in [6.45, 7) is 10.2. The molecule has 1 aromatic rings. The van der Waals surface area contributed by atoms with Gasteiger partial charge in [-0.2, -0.15) is 4.31 Å². The lowest BCUT2D eigenvalue weighted by Crippen LogP contribution is -2.41. The number of aryl methyl sites for hydroxylation is 1. The van der Waals surface area contributed by atoms with Crippen LogP contribution in [0.1, 0.15) is 43.4 Å². The number of sulfonamides is 1. The van der Waals surface area contributed by atoms with Crippen LogP contribution in [-0.4, -0.2) is 25.8 Å². The second-order valence-electron chi connectivity index (χ2n) is 6.88. The summed E-state index contributed by atoms with van der Waals surface area (Å²) in [6.07, 6.45) is 1.88. The van der Waals surface area contributed by atoms with E-state index in [2.05, 4.69) is 20.8 Å². The second kappa shape index (κ2) is 5.99. The largest absolute Gasteiger partial charge is 0.326 e. The summed E-state index contributed by atoms with van der Waals surface area (Å²) < 4.78 is 27.2. The smallest absolute Gasteiger partial charge is 0.244 e.